The van der Waals surface area contributed by atoms with Crippen LogP contribution in [0.1, 0.15) is 40.0 Å². The van der Waals surface area contributed by atoms with E-state index in [2.05, 4.69) is 12.2 Å². The lowest BCUT2D eigenvalue weighted by Crippen LogP contribution is -2.49. The number of carbonyl (C=O) groups excluding carboxylic acids is 2. The Balaban J connectivity index is 2.01. The molecule has 2 amide bonds. The first kappa shape index (κ1) is 14.3. The molecule has 0 aromatic rings. The molecule has 0 radical (unpaired) electrons. The number of nitrogens with one attached hydrogen (secondary N) is 1. The Morgan fingerprint density at radius 3 is 2.68 bits per heavy atom. The van der Waals surface area contributed by atoms with Gasteiger partial charge in [-0.25, -0.2) is 0 Å². The molecule has 3 atom stereocenters. The van der Waals surface area contributed by atoms with E-state index in [0.717, 1.165) is 12.8 Å². The van der Waals surface area contributed by atoms with Crippen LogP contribution in [0.5, 0.6) is 0 Å². The van der Waals surface area contributed by atoms with Crippen molar-refractivity contribution in [3.63, 3.8) is 0 Å². The van der Waals surface area contributed by atoms with Crippen LogP contribution in [0.4, 0.5) is 0 Å². The number of carbonyl (C=O) groups is 2. The molecule has 5 nitrogen and oxygen atoms in total. The van der Waals surface area contributed by atoms with Crippen molar-refractivity contribution in [2.45, 2.75) is 58.3 Å². The Hall–Kier alpha value is -1.10. The molecule has 1 N–H and O–H groups in total. The number of nitrogens with zero attached hydrogens (tertiary/aromatic N) is 1. The van der Waals surface area contributed by atoms with Crippen LogP contribution in [0.2, 0.25) is 0 Å². The fourth-order valence-electron chi connectivity index (χ4n) is 2.75. The summed E-state index contributed by atoms with van der Waals surface area (Å²) in [5.41, 5.74) is 0. The van der Waals surface area contributed by atoms with Gasteiger partial charge in [0.2, 0.25) is 11.8 Å². The molecule has 0 aliphatic carbocycles. The van der Waals surface area contributed by atoms with Gasteiger partial charge in [-0.05, 0) is 25.7 Å². The third kappa shape index (κ3) is 3.47. The van der Waals surface area contributed by atoms with Gasteiger partial charge in [0.25, 0.3) is 0 Å². The van der Waals surface area contributed by atoms with Crippen LogP contribution in [-0.4, -0.2) is 48.1 Å². The monoisotopic (exact) mass is 268 g/mol. The summed E-state index contributed by atoms with van der Waals surface area (Å²) >= 11 is 0. The third-order valence-corrected chi connectivity index (χ3v) is 3.91. The summed E-state index contributed by atoms with van der Waals surface area (Å²) in [6.07, 6.45) is 2.85. The van der Waals surface area contributed by atoms with Gasteiger partial charge in [0.05, 0.1) is 12.2 Å². The molecule has 5 heteroatoms. The number of rotatable bonds is 3. The second kappa shape index (κ2) is 5.90. The summed E-state index contributed by atoms with van der Waals surface area (Å²) in [4.78, 5) is 25.9. The SMILES string of the molecule is CC1CCC(CN2CCC(=O)NC(C(C)C)C2=O)O1. The van der Waals surface area contributed by atoms with Gasteiger partial charge in [0.1, 0.15) is 6.04 Å². The molecule has 0 aromatic heterocycles. The smallest absolute Gasteiger partial charge is 0.245 e. The van der Waals surface area contributed by atoms with Crippen molar-refractivity contribution in [3.8, 4) is 0 Å². The van der Waals surface area contributed by atoms with E-state index in [1.807, 2.05) is 13.8 Å². The quantitative estimate of drug-likeness (QED) is 0.828. The van der Waals surface area contributed by atoms with Crippen molar-refractivity contribution in [2.24, 2.45) is 5.92 Å². The Morgan fingerprint density at radius 2 is 2.11 bits per heavy atom. The van der Waals surface area contributed by atoms with Gasteiger partial charge < -0.3 is 15.0 Å². The highest BCUT2D eigenvalue weighted by Crippen LogP contribution is 2.21. The lowest BCUT2D eigenvalue weighted by atomic mass is 10.0. The number of amides is 2. The van der Waals surface area contributed by atoms with Crippen molar-refractivity contribution in [1.29, 1.82) is 0 Å². The summed E-state index contributed by atoms with van der Waals surface area (Å²) in [6.45, 7) is 7.09. The van der Waals surface area contributed by atoms with E-state index in [1.54, 1.807) is 4.90 Å². The highest BCUT2D eigenvalue weighted by Gasteiger charge is 2.34. The second-order valence-corrected chi connectivity index (χ2v) is 5.97. The maximum Gasteiger partial charge on any atom is 0.245 e. The second-order valence-electron chi connectivity index (χ2n) is 5.97. The molecule has 2 aliphatic heterocycles. The Labute approximate surface area is 114 Å². The van der Waals surface area contributed by atoms with Crippen LogP contribution in [0.25, 0.3) is 0 Å². The molecule has 2 heterocycles. The molecule has 19 heavy (non-hydrogen) atoms. The first-order valence-corrected chi connectivity index (χ1v) is 7.21. The first-order chi connectivity index (χ1) is 8.97. The fourth-order valence-corrected chi connectivity index (χ4v) is 2.75. The minimum atomic E-state index is -0.395. The number of ether oxygens (including phenoxy) is 1. The molecule has 0 bridgehead atoms. The molecule has 0 aromatic carbocycles. The van der Waals surface area contributed by atoms with Crippen molar-refractivity contribution >= 4 is 11.8 Å². The van der Waals surface area contributed by atoms with E-state index in [4.69, 9.17) is 4.74 Å². The third-order valence-electron chi connectivity index (χ3n) is 3.91. The lowest BCUT2D eigenvalue weighted by molar-refractivity contribution is -0.136. The van der Waals surface area contributed by atoms with Crippen molar-refractivity contribution in [1.82, 2.24) is 10.2 Å². The van der Waals surface area contributed by atoms with Gasteiger partial charge in [-0.2, -0.15) is 0 Å². The number of hydrogen-bond acceptors (Lipinski definition) is 3. The predicted molar refractivity (Wildman–Crippen MR) is 71.5 cm³/mol. The first-order valence-electron chi connectivity index (χ1n) is 7.21. The summed E-state index contributed by atoms with van der Waals surface area (Å²) in [5.74, 6) is 0.111. The van der Waals surface area contributed by atoms with E-state index >= 15 is 0 Å². The summed E-state index contributed by atoms with van der Waals surface area (Å²) in [5, 5.41) is 2.82. The van der Waals surface area contributed by atoms with Gasteiger partial charge >= 0.3 is 0 Å². The fraction of sp³-hybridized carbons (Fsp3) is 0.857. The Bertz CT molecular complexity index is 357. The van der Waals surface area contributed by atoms with Crippen LogP contribution in [0, 0.1) is 5.92 Å². The highest BCUT2D eigenvalue weighted by molar-refractivity contribution is 5.90. The van der Waals surface area contributed by atoms with Crippen molar-refractivity contribution < 1.29 is 14.3 Å². The summed E-state index contributed by atoms with van der Waals surface area (Å²) in [7, 11) is 0. The zero-order chi connectivity index (χ0) is 14.0. The van der Waals surface area contributed by atoms with Crippen LogP contribution in [0.3, 0.4) is 0 Å². The minimum absolute atomic E-state index is 0.0315. The van der Waals surface area contributed by atoms with E-state index < -0.39 is 6.04 Å². The predicted octanol–water partition coefficient (Wildman–Crippen LogP) is 0.927. The molecule has 2 fully saturated rings. The normalized spacial score (nSPS) is 32.6. The molecule has 3 unspecified atom stereocenters. The van der Waals surface area contributed by atoms with Crippen LogP contribution < -0.4 is 5.32 Å². The molecule has 2 rings (SSSR count). The minimum Gasteiger partial charge on any atom is -0.373 e. The highest BCUT2D eigenvalue weighted by atomic mass is 16.5. The average molecular weight is 268 g/mol. The van der Waals surface area contributed by atoms with Crippen LogP contribution >= 0.6 is 0 Å². The van der Waals surface area contributed by atoms with Crippen molar-refractivity contribution in [2.75, 3.05) is 13.1 Å². The molecular formula is C14H24N2O3. The van der Waals surface area contributed by atoms with Gasteiger partial charge in [-0.15, -0.1) is 0 Å². The van der Waals surface area contributed by atoms with Gasteiger partial charge in [-0.3, -0.25) is 9.59 Å². The van der Waals surface area contributed by atoms with Gasteiger partial charge in [0, 0.05) is 19.5 Å². The van der Waals surface area contributed by atoms with E-state index in [0.29, 0.717) is 19.5 Å². The maximum atomic E-state index is 12.5. The van der Waals surface area contributed by atoms with E-state index in [1.165, 1.54) is 0 Å². The molecule has 2 saturated heterocycles. The Morgan fingerprint density at radius 1 is 1.37 bits per heavy atom. The topological polar surface area (TPSA) is 58.6 Å². The van der Waals surface area contributed by atoms with E-state index in [-0.39, 0.29) is 29.9 Å². The molecule has 0 spiro atoms. The lowest BCUT2D eigenvalue weighted by Gasteiger charge is -2.28. The Kier molecular flexibility index (Phi) is 4.45. The van der Waals surface area contributed by atoms with Crippen molar-refractivity contribution in [3.05, 3.63) is 0 Å². The van der Waals surface area contributed by atoms with Gasteiger partial charge in [-0.1, -0.05) is 13.8 Å². The van der Waals surface area contributed by atoms with Crippen LogP contribution in [0.15, 0.2) is 0 Å². The summed E-state index contributed by atoms with van der Waals surface area (Å²) in [6, 6.07) is -0.395. The molecule has 108 valence electrons. The standard InChI is InChI=1S/C14H24N2O3/c1-9(2)13-14(18)16(7-6-12(17)15-13)8-11-5-4-10(3)19-11/h9-11,13H,4-8H2,1-3H3,(H,15,17). The van der Waals surface area contributed by atoms with Crippen LogP contribution in [-0.2, 0) is 14.3 Å². The molecule has 2 aliphatic rings. The molecule has 0 saturated carbocycles. The molecular weight excluding hydrogens is 244 g/mol. The average Bonchev–Trinajstić information content (AvgIpc) is 2.69. The maximum absolute atomic E-state index is 12.5. The van der Waals surface area contributed by atoms with Gasteiger partial charge in [0.15, 0.2) is 0 Å². The summed E-state index contributed by atoms with van der Waals surface area (Å²) < 4.78 is 5.78. The van der Waals surface area contributed by atoms with E-state index in [9.17, 15) is 9.59 Å². The largest absolute Gasteiger partial charge is 0.373 e. The zero-order valence-corrected chi connectivity index (χ0v) is 12.0. The number of hydrogen-bond donors (Lipinski definition) is 1. The zero-order valence-electron chi connectivity index (χ0n) is 12.0.